The van der Waals surface area contributed by atoms with Gasteiger partial charge < -0.3 is 24.8 Å². The molecule has 1 aromatic heterocycles. The fraction of sp³-hybridized carbons (Fsp3) is 0.280. The van der Waals surface area contributed by atoms with Crippen molar-refractivity contribution in [3.63, 3.8) is 0 Å². The van der Waals surface area contributed by atoms with Gasteiger partial charge in [0, 0.05) is 11.6 Å². The number of rotatable bonds is 9. The molecule has 0 aliphatic heterocycles. The van der Waals surface area contributed by atoms with Gasteiger partial charge in [0.05, 0.1) is 31.2 Å². The van der Waals surface area contributed by atoms with Crippen LogP contribution in [0, 0.1) is 6.92 Å². The highest BCUT2D eigenvalue weighted by Crippen LogP contribution is 2.35. The van der Waals surface area contributed by atoms with Gasteiger partial charge in [0.1, 0.15) is 9.88 Å². The van der Waals surface area contributed by atoms with E-state index >= 15 is 0 Å². The lowest BCUT2D eigenvalue weighted by Crippen LogP contribution is -2.28. The Morgan fingerprint density at radius 1 is 1.06 bits per heavy atom. The van der Waals surface area contributed by atoms with Gasteiger partial charge in [0.2, 0.25) is 0 Å². The third-order valence-electron chi connectivity index (χ3n) is 5.31. The zero-order chi connectivity index (χ0) is 24.9. The smallest absolute Gasteiger partial charge is 0.350 e. The molecule has 1 fully saturated rings. The fourth-order valence-corrected chi connectivity index (χ4v) is 4.30. The van der Waals surface area contributed by atoms with Crippen molar-refractivity contribution in [1.29, 1.82) is 0 Å². The van der Waals surface area contributed by atoms with Gasteiger partial charge in [-0.3, -0.25) is 9.59 Å². The lowest BCUT2D eigenvalue weighted by atomic mass is 10.1. The minimum atomic E-state index is -0.651. The minimum absolute atomic E-state index is 0.193. The zero-order valence-electron chi connectivity index (χ0n) is 19.5. The quantitative estimate of drug-likeness (QED) is 0.434. The van der Waals surface area contributed by atoms with Crippen LogP contribution >= 0.6 is 11.3 Å². The first-order valence-electron chi connectivity index (χ1n) is 11.0. The average Bonchev–Trinajstić information content (AvgIpc) is 3.60. The van der Waals surface area contributed by atoms with Crippen LogP contribution in [0.25, 0.3) is 10.6 Å². The van der Waals surface area contributed by atoms with Gasteiger partial charge in [-0.05, 0) is 50.1 Å². The van der Waals surface area contributed by atoms with Crippen molar-refractivity contribution >= 4 is 34.8 Å². The summed E-state index contributed by atoms with van der Waals surface area (Å²) in [6.07, 6.45) is 1.92. The van der Waals surface area contributed by atoms with Gasteiger partial charge in [-0.15, -0.1) is 11.3 Å². The Hall–Kier alpha value is -3.92. The van der Waals surface area contributed by atoms with E-state index in [2.05, 4.69) is 15.6 Å². The number of benzene rings is 2. The third-order valence-corrected chi connectivity index (χ3v) is 6.49. The van der Waals surface area contributed by atoms with E-state index in [1.54, 1.807) is 57.5 Å². The Kier molecular flexibility index (Phi) is 7.31. The predicted octanol–water partition coefficient (Wildman–Crippen LogP) is 3.82. The molecule has 0 saturated heterocycles. The molecule has 0 radical (unpaired) electrons. The molecular formula is C25H25N3O6S. The van der Waals surface area contributed by atoms with Crippen molar-refractivity contribution in [2.45, 2.75) is 25.8 Å². The maximum Gasteiger partial charge on any atom is 0.350 e. The van der Waals surface area contributed by atoms with Crippen LogP contribution in [0.15, 0.2) is 42.5 Å². The van der Waals surface area contributed by atoms with Crippen molar-refractivity contribution in [1.82, 2.24) is 10.3 Å². The number of anilines is 1. The Labute approximate surface area is 206 Å². The van der Waals surface area contributed by atoms with Gasteiger partial charge in [-0.25, -0.2) is 9.78 Å². The van der Waals surface area contributed by atoms with Crippen molar-refractivity contribution < 1.29 is 28.6 Å². The number of esters is 1. The number of carbonyl (C=O) groups excluding carboxylic acids is 3. The second-order valence-corrected chi connectivity index (χ2v) is 8.92. The van der Waals surface area contributed by atoms with Gasteiger partial charge in [-0.2, -0.15) is 0 Å². The van der Waals surface area contributed by atoms with Crippen molar-refractivity contribution in [2.24, 2.45) is 0 Å². The number of aromatic nitrogens is 1. The van der Waals surface area contributed by atoms with Gasteiger partial charge in [-0.1, -0.05) is 12.1 Å². The number of aryl methyl sites for hydroxylation is 1. The highest BCUT2D eigenvalue weighted by Gasteiger charge is 2.25. The van der Waals surface area contributed by atoms with E-state index < -0.39 is 18.5 Å². The molecule has 2 amide bonds. The summed E-state index contributed by atoms with van der Waals surface area (Å²) in [6, 6.07) is 12.2. The molecule has 3 aromatic rings. The molecule has 182 valence electrons. The fourth-order valence-electron chi connectivity index (χ4n) is 3.34. The molecule has 1 saturated carbocycles. The Morgan fingerprint density at radius 2 is 1.80 bits per heavy atom. The lowest BCUT2D eigenvalue weighted by molar-refractivity contribution is -0.119. The van der Waals surface area contributed by atoms with E-state index in [-0.39, 0.29) is 11.9 Å². The zero-order valence-corrected chi connectivity index (χ0v) is 20.4. The van der Waals surface area contributed by atoms with Crippen molar-refractivity contribution in [3.8, 4) is 22.1 Å². The number of thiazole rings is 1. The largest absolute Gasteiger partial charge is 0.493 e. The summed E-state index contributed by atoms with van der Waals surface area (Å²) in [6.45, 7) is 1.20. The number of hydrogen-bond acceptors (Lipinski definition) is 8. The van der Waals surface area contributed by atoms with E-state index in [9.17, 15) is 14.4 Å². The molecule has 35 heavy (non-hydrogen) atoms. The van der Waals surface area contributed by atoms with Gasteiger partial charge in [0.25, 0.3) is 11.8 Å². The number of methoxy groups -OCH3 is 2. The number of carbonyl (C=O) groups is 3. The van der Waals surface area contributed by atoms with Gasteiger partial charge in [0.15, 0.2) is 18.1 Å². The molecule has 1 heterocycles. The van der Waals surface area contributed by atoms with E-state index in [1.165, 1.54) is 0 Å². The molecule has 1 aliphatic rings. The Morgan fingerprint density at radius 3 is 2.51 bits per heavy atom. The molecule has 2 N–H and O–H groups in total. The predicted molar refractivity (Wildman–Crippen MR) is 131 cm³/mol. The van der Waals surface area contributed by atoms with Crippen LogP contribution in [0.5, 0.6) is 11.5 Å². The second kappa shape index (κ2) is 10.6. The van der Waals surface area contributed by atoms with E-state index in [0.29, 0.717) is 38.3 Å². The van der Waals surface area contributed by atoms with Crippen LogP contribution < -0.4 is 20.1 Å². The summed E-state index contributed by atoms with van der Waals surface area (Å²) in [5, 5.41) is 6.15. The van der Waals surface area contributed by atoms with Crippen LogP contribution in [0.2, 0.25) is 0 Å². The van der Waals surface area contributed by atoms with E-state index in [0.717, 1.165) is 29.7 Å². The third kappa shape index (κ3) is 5.78. The van der Waals surface area contributed by atoms with E-state index in [1.807, 2.05) is 6.07 Å². The lowest BCUT2D eigenvalue weighted by Gasteiger charge is -2.11. The average molecular weight is 496 g/mol. The number of nitrogens with zero attached hydrogens (tertiary/aromatic N) is 1. The highest BCUT2D eigenvalue weighted by molar-refractivity contribution is 7.17. The van der Waals surface area contributed by atoms with Crippen LogP contribution in [0.4, 0.5) is 5.69 Å². The summed E-state index contributed by atoms with van der Waals surface area (Å²) in [7, 11) is 3.09. The molecule has 10 heteroatoms. The maximum atomic E-state index is 12.7. The highest BCUT2D eigenvalue weighted by atomic mass is 32.1. The van der Waals surface area contributed by atoms with Crippen molar-refractivity contribution in [3.05, 3.63) is 58.6 Å². The molecule has 0 atom stereocenters. The number of amides is 2. The molecule has 0 bridgehead atoms. The molecule has 1 aliphatic carbocycles. The first kappa shape index (κ1) is 24.2. The Balaban J connectivity index is 1.39. The standard InChI is InChI=1S/C25H25N3O6S/c1-14-22(35-24(26-14)15-8-11-19(32-2)20(12-15)33-3)25(31)34-13-21(29)28-18-7-5-4-6-17(18)23(30)27-16-9-10-16/h4-8,11-12,16H,9-10,13H2,1-3H3,(H,27,30)(H,28,29). The number of ether oxygens (including phenoxy) is 3. The normalized spacial score (nSPS) is 12.5. The molecule has 4 rings (SSSR count). The number of nitrogens with one attached hydrogen (secondary N) is 2. The van der Waals surface area contributed by atoms with E-state index in [4.69, 9.17) is 14.2 Å². The molecule has 2 aromatic carbocycles. The summed E-state index contributed by atoms with van der Waals surface area (Å²) >= 11 is 1.16. The Bertz CT molecular complexity index is 1270. The van der Waals surface area contributed by atoms with Crippen LogP contribution in [0.3, 0.4) is 0 Å². The van der Waals surface area contributed by atoms with Crippen LogP contribution in [0.1, 0.15) is 38.6 Å². The summed E-state index contributed by atoms with van der Waals surface area (Å²) in [5.74, 6) is -0.316. The second-order valence-electron chi connectivity index (χ2n) is 7.92. The molecule has 0 spiro atoms. The first-order chi connectivity index (χ1) is 16.9. The van der Waals surface area contributed by atoms with Crippen LogP contribution in [-0.4, -0.2) is 49.6 Å². The summed E-state index contributed by atoms with van der Waals surface area (Å²) in [4.78, 5) is 42.3. The van der Waals surface area contributed by atoms with Crippen LogP contribution in [-0.2, 0) is 9.53 Å². The first-order valence-corrected chi connectivity index (χ1v) is 11.8. The molecule has 9 nitrogen and oxygen atoms in total. The number of para-hydroxylation sites is 1. The minimum Gasteiger partial charge on any atom is -0.493 e. The van der Waals surface area contributed by atoms with Crippen molar-refractivity contribution in [2.75, 3.05) is 26.1 Å². The SMILES string of the molecule is COc1ccc(-c2nc(C)c(C(=O)OCC(=O)Nc3ccccc3C(=O)NC3CC3)s2)cc1OC. The topological polar surface area (TPSA) is 116 Å². The molecule has 0 unspecified atom stereocenters. The summed E-state index contributed by atoms with van der Waals surface area (Å²) < 4.78 is 15.8. The maximum absolute atomic E-state index is 12.7. The summed E-state index contributed by atoms with van der Waals surface area (Å²) in [5.41, 5.74) is 1.97. The molecular weight excluding hydrogens is 470 g/mol. The van der Waals surface area contributed by atoms with Gasteiger partial charge >= 0.3 is 5.97 Å². The monoisotopic (exact) mass is 495 g/mol. The number of hydrogen-bond donors (Lipinski definition) is 2.